The molecule has 0 fully saturated rings. The number of carbonyl (C=O) groups is 6. The Morgan fingerprint density at radius 3 is 0.755 bits per heavy atom. The minimum atomic E-state index is -0.701. The zero-order valence-corrected chi connectivity index (χ0v) is 80.2. The van der Waals surface area contributed by atoms with Gasteiger partial charge in [-0.15, -0.1) is 13.8 Å². The van der Waals surface area contributed by atoms with E-state index in [-0.39, 0.29) is 223 Å². The maximum Gasteiger partial charge on any atom is 0.433 e. The molecule has 6 heterocycles. The van der Waals surface area contributed by atoms with Crippen molar-refractivity contribution in [1.82, 2.24) is 0 Å². The van der Waals surface area contributed by atoms with E-state index in [0.29, 0.717) is 109 Å². The third-order valence-electron chi connectivity index (χ3n) is 9.27. The van der Waals surface area contributed by atoms with E-state index in [1.54, 1.807) is 74.5 Å². The predicted octanol–water partition coefficient (Wildman–Crippen LogP) is 20.9. The third-order valence-corrected chi connectivity index (χ3v) is 9.27. The first kappa shape index (κ1) is 133. The SMILES string of the molecule is C.C.CC.CC.CC.CC.CC.CC.C[C-]=Nc1[c-]cccc1.O=Cc1ccc(C[C-]=Nc2[c-]cccc2)o1.O=Cc1ccc(C[C-]=Nc2[c-]cccc2)o1.O=Cc1ccc([N+](=O)[O-])o1.O=Cc1ccc([N+](=O)[O-])o1.[CH-]=CN=[C-]C.[CH-]=CN=[C-]Cc1ccc(C=O)o1.[CH-]=CN=[C-]Cc1ccc(C=O)o1.[Y].[Y].[Y].[Y].[Y].[Y]. The number of aliphatic imine (C=N–C) groups is 6. The van der Waals surface area contributed by atoms with Crippen LogP contribution >= 0.6 is 0 Å². The number of benzene rings is 3. The summed E-state index contributed by atoms with van der Waals surface area (Å²) in [4.78, 5) is 102. The number of nitrogens with zero attached hydrogens (tertiary/aromatic N) is 8. The number of hydrogen-bond acceptors (Lipinski definition) is 22. The molecule has 0 atom stereocenters. The second kappa shape index (κ2) is 101. The molecule has 0 unspecified atom stereocenters. The molecule has 9 aromatic rings. The van der Waals surface area contributed by atoms with Crippen molar-refractivity contribution in [3.8, 4) is 0 Å². The first-order valence-corrected chi connectivity index (χ1v) is 31.3. The van der Waals surface area contributed by atoms with Gasteiger partial charge in [0.05, 0.1) is 35.2 Å². The summed E-state index contributed by atoms with van der Waals surface area (Å²) in [5.41, 5.74) is 2.29. The van der Waals surface area contributed by atoms with Gasteiger partial charge in [-0.2, -0.15) is 91.9 Å². The fraction of sp³-hybridized carbons (Fsp3) is 0.250. The van der Waals surface area contributed by atoms with E-state index in [4.69, 9.17) is 37.4 Å². The number of para-hydroxylation sites is 3. The van der Waals surface area contributed by atoms with Gasteiger partial charge in [-0.25, -0.2) is 35.3 Å². The van der Waals surface area contributed by atoms with Crippen LogP contribution in [0.1, 0.15) is 198 Å². The van der Waals surface area contributed by atoms with Crippen LogP contribution in [-0.4, -0.2) is 84.9 Å². The Balaban J connectivity index is -0.0000000872. The van der Waals surface area contributed by atoms with Crippen molar-refractivity contribution >= 4 is 104 Å². The van der Waals surface area contributed by atoms with Crippen LogP contribution in [0.2, 0.25) is 0 Å². The molecule has 0 aliphatic heterocycles. The third kappa shape index (κ3) is 73.5. The van der Waals surface area contributed by atoms with Crippen molar-refractivity contribution in [1.29, 1.82) is 0 Å². The Morgan fingerprint density at radius 1 is 0.345 bits per heavy atom. The molecule has 0 saturated heterocycles. The number of rotatable bonds is 22. The van der Waals surface area contributed by atoms with Crippen LogP contribution in [0.4, 0.5) is 28.8 Å². The quantitative estimate of drug-likeness (QED) is 0.0200. The maximum absolute atomic E-state index is 10.4. The van der Waals surface area contributed by atoms with Crippen LogP contribution in [0.15, 0.2) is 221 Å². The van der Waals surface area contributed by atoms with Crippen LogP contribution in [0.5, 0.6) is 0 Å². The topological polar surface area (TPSA) is 342 Å². The predicted molar refractivity (Wildman–Crippen MR) is 412 cm³/mol. The average Bonchev–Trinajstić information content (AvgIpc) is 1.77. The van der Waals surface area contributed by atoms with Gasteiger partial charge in [0.15, 0.2) is 72.3 Å². The molecule has 580 valence electrons. The van der Waals surface area contributed by atoms with E-state index in [9.17, 15) is 49.0 Å². The monoisotopic (exact) mass is 1960 g/mol. The molecule has 0 spiro atoms. The van der Waals surface area contributed by atoms with Crippen molar-refractivity contribution in [2.45, 2.75) is 137 Å². The number of nitro groups is 2. The molecule has 0 aliphatic rings. The molecule has 0 amide bonds. The molecule has 3 aromatic carbocycles. The van der Waals surface area contributed by atoms with E-state index in [0.717, 1.165) is 41.6 Å². The van der Waals surface area contributed by atoms with Crippen LogP contribution < -0.4 is 0 Å². The summed E-state index contributed by atoms with van der Waals surface area (Å²) in [7, 11) is 0. The molecule has 24 nitrogen and oxygen atoms in total. The molecule has 0 aliphatic carbocycles. The summed E-state index contributed by atoms with van der Waals surface area (Å²) in [6.45, 7) is 42.2. The molecule has 6 aromatic heterocycles. The molecule has 9 rings (SSSR count). The van der Waals surface area contributed by atoms with Crippen molar-refractivity contribution < 1.29 is 261 Å². The molecule has 30 heteroatoms. The molecule has 0 saturated carbocycles. The summed E-state index contributed by atoms with van der Waals surface area (Å²) < 4.78 is 29.3. The first-order chi connectivity index (χ1) is 49.8. The summed E-state index contributed by atoms with van der Waals surface area (Å²) in [5.74, 6) is 2.98. The molecular weight excluding hydrogens is 1860 g/mol. The van der Waals surface area contributed by atoms with Gasteiger partial charge in [-0.1, -0.05) is 97.9 Å². The van der Waals surface area contributed by atoms with Crippen molar-refractivity contribution in [3.63, 3.8) is 0 Å². The van der Waals surface area contributed by atoms with Crippen LogP contribution in [0.3, 0.4) is 0 Å². The summed E-state index contributed by atoms with van der Waals surface area (Å²) in [6, 6.07) is 49.2. The van der Waals surface area contributed by atoms with E-state index in [1.807, 2.05) is 144 Å². The van der Waals surface area contributed by atoms with E-state index >= 15 is 0 Å². The van der Waals surface area contributed by atoms with Crippen LogP contribution in [-0.2, 0) is 222 Å². The smallest absolute Gasteiger partial charge is 0.433 e. The van der Waals surface area contributed by atoms with Crippen LogP contribution in [0.25, 0.3) is 0 Å². The Hall–Kier alpha value is -5.98. The molecule has 6 radical (unpaired) electrons. The number of hydrogen-bond donors (Lipinski definition) is 0. The minimum Gasteiger partial charge on any atom is -0.601 e. The van der Waals surface area contributed by atoms with E-state index in [2.05, 4.69) is 94.3 Å². The van der Waals surface area contributed by atoms with Crippen molar-refractivity contribution in [3.05, 3.63) is 280 Å². The second-order valence-electron chi connectivity index (χ2n) is 15.5. The zero-order chi connectivity index (χ0) is 77.8. The summed E-state index contributed by atoms with van der Waals surface area (Å²) in [6.07, 6.45) is 24.7. The maximum atomic E-state index is 10.4. The normalized spacial score (nSPS) is 8.64. The van der Waals surface area contributed by atoms with E-state index in [1.165, 1.54) is 18.3 Å². The fourth-order valence-electron chi connectivity index (χ4n) is 5.53. The first-order valence-electron chi connectivity index (χ1n) is 31.3. The van der Waals surface area contributed by atoms with Gasteiger partial charge >= 0.3 is 11.8 Å². The summed E-state index contributed by atoms with van der Waals surface area (Å²) >= 11 is 0. The van der Waals surface area contributed by atoms with E-state index < -0.39 is 21.6 Å². The number of aldehydes is 6. The Morgan fingerprint density at radius 2 is 0.582 bits per heavy atom. The number of carbonyl (C=O) groups excluding carboxylic acids is 6. The van der Waals surface area contributed by atoms with Gasteiger partial charge in [-0.3, -0.25) is 67.2 Å². The van der Waals surface area contributed by atoms with Gasteiger partial charge in [0.25, 0.3) is 0 Å². The second-order valence-corrected chi connectivity index (χ2v) is 15.5. The largest absolute Gasteiger partial charge is 0.601 e. The Labute approximate surface area is 801 Å². The van der Waals surface area contributed by atoms with Gasteiger partial charge in [-0.05, 0) is 86.3 Å². The zero-order valence-electron chi connectivity index (χ0n) is 63.2. The molecular formula is C80H94N8O16Y6-12. The Bertz CT molecular complexity index is 3570. The fourth-order valence-corrected chi connectivity index (χ4v) is 5.53. The van der Waals surface area contributed by atoms with Crippen molar-refractivity contribution in [2.75, 3.05) is 0 Å². The molecule has 0 N–H and O–H groups in total. The molecule has 110 heavy (non-hydrogen) atoms. The van der Waals surface area contributed by atoms with Crippen LogP contribution in [0, 0.1) is 58.2 Å². The van der Waals surface area contributed by atoms with Crippen molar-refractivity contribution in [2.24, 2.45) is 30.0 Å². The average molecular weight is 1960 g/mol. The summed E-state index contributed by atoms with van der Waals surface area (Å²) in [5, 5.41) is 19.9. The standard InChI is InChI=1S/2C13H9NO2.2C9H7NO2.C8H7N.2C5H3NO4.C4H5N.6C2H6.2CH4.6Y/c2*15-10-13-7-6-12(16-13)8-9-14-11-4-2-1-3-5-11;2*1-2-10-6-5-8-3-4-9(7-11)12-8;1-2-9-8-6-4-3-5-7-8;2*7-3-4-1-2-5(10-4)6(8)9;1-3-5-4-2;6*1-2;;;;;;;;/h2*1-4,6-7,10H,8H2;2*1-4,7H,5H2;3-6H,1H3;2*1-3H;1,3H,2H3;6*1-2H3;2*1H4;;;;;;/q5*-2;;;-2;;;;;;;;;;;;;;. The molecule has 0 bridgehead atoms. The Kier molecular flexibility index (Phi) is 122. The van der Waals surface area contributed by atoms with Gasteiger partial charge in [0.2, 0.25) is 0 Å². The van der Waals surface area contributed by atoms with Gasteiger partial charge < -0.3 is 94.8 Å². The van der Waals surface area contributed by atoms with Gasteiger partial charge in [0, 0.05) is 196 Å². The minimum absolute atomic E-state index is 0. The number of furan rings is 6. The van der Waals surface area contributed by atoms with Gasteiger partial charge in [0.1, 0.15) is 9.85 Å².